The van der Waals surface area contributed by atoms with Gasteiger partial charge in [-0.3, -0.25) is 9.80 Å². The number of hydrogen-bond acceptors (Lipinski definition) is 7. The first kappa shape index (κ1) is 27.2. The Morgan fingerprint density at radius 2 is 1.75 bits per heavy atom. The number of piperidine rings is 1. The summed E-state index contributed by atoms with van der Waals surface area (Å²) in [5.41, 5.74) is 5.02. The minimum absolute atomic E-state index is 0.455. The lowest BCUT2D eigenvalue weighted by molar-refractivity contribution is 0.0515. The van der Waals surface area contributed by atoms with Crippen LogP contribution in [-0.2, 0) is 4.74 Å². The largest absolute Gasteiger partial charge is 0.378 e. The Hall–Kier alpha value is -2.94. The molecule has 8 nitrogen and oxygen atoms in total. The average Bonchev–Trinajstić information content (AvgIpc) is 3.56. The smallest absolute Gasteiger partial charge is 0.138 e. The normalized spacial score (nSPS) is 22.5. The Labute approximate surface area is 239 Å². The van der Waals surface area contributed by atoms with E-state index >= 15 is 0 Å². The molecule has 0 saturated carbocycles. The van der Waals surface area contributed by atoms with E-state index in [2.05, 4.69) is 80.7 Å². The maximum Gasteiger partial charge on any atom is 0.138 e. The number of nitrogens with zero attached hydrogens (tertiary/aromatic N) is 6. The van der Waals surface area contributed by atoms with Gasteiger partial charge >= 0.3 is 0 Å². The molecule has 3 aliphatic rings. The molecule has 0 spiro atoms. The van der Waals surface area contributed by atoms with Gasteiger partial charge in [-0.05, 0) is 62.4 Å². The van der Waals surface area contributed by atoms with Crippen LogP contribution >= 0.6 is 0 Å². The van der Waals surface area contributed by atoms with E-state index in [1.165, 1.54) is 49.2 Å². The summed E-state index contributed by atoms with van der Waals surface area (Å²) >= 11 is 0. The Bertz CT molecular complexity index is 1220. The lowest BCUT2D eigenvalue weighted by Crippen LogP contribution is -2.58. The third kappa shape index (κ3) is 5.76. The third-order valence-corrected chi connectivity index (χ3v) is 9.39. The molecule has 8 heteroatoms. The van der Waals surface area contributed by atoms with E-state index in [9.17, 15) is 0 Å². The van der Waals surface area contributed by atoms with Crippen LogP contribution in [0.3, 0.4) is 0 Å². The van der Waals surface area contributed by atoms with Gasteiger partial charge in [0, 0.05) is 93.8 Å². The molecule has 40 heavy (non-hydrogen) atoms. The highest BCUT2D eigenvalue weighted by atomic mass is 16.5. The number of pyridine rings is 1. The first-order valence-electron chi connectivity index (χ1n) is 15.2. The molecular weight excluding hydrogens is 498 g/mol. The highest BCUT2D eigenvalue weighted by Crippen LogP contribution is 2.31. The van der Waals surface area contributed by atoms with Crippen molar-refractivity contribution in [2.24, 2.45) is 0 Å². The molecule has 1 aromatic carbocycles. The summed E-state index contributed by atoms with van der Waals surface area (Å²) < 4.78 is 5.51. The van der Waals surface area contributed by atoms with Gasteiger partial charge in [0.1, 0.15) is 11.6 Å². The third-order valence-electron chi connectivity index (χ3n) is 9.39. The molecule has 5 heterocycles. The Morgan fingerprint density at radius 3 is 2.42 bits per heavy atom. The number of benzene rings is 1. The van der Waals surface area contributed by atoms with Crippen LogP contribution in [0.4, 0.5) is 11.5 Å². The van der Waals surface area contributed by atoms with Crippen LogP contribution in [0.25, 0.3) is 11.4 Å². The van der Waals surface area contributed by atoms with E-state index in [0.29, 0.717) is 18.1 Å². The number of nitrogens with one attached hydrogen (secondary N) is 1. The number of hydrogen-bond donors (Lipinski definition) is 1. The maximum absolute atomic E-state index is 5.51. The monoisotopic (exact) mass is 543 g/mol. The van der Waals surface area contributed by atoms with Crippen LogP contribution < -0.4 is 9.80 Å². The van der Waals surface area contributed by atoms with E-state index in [-0.39, 0.29) is 0 Å². The van der Waals surface area contributed by atoms with Crippen LogP contribution in [0.1, 0.15) is 50.3 Å². The van der Waals surface area contributed by atoms with Crippen LogP contribution in [-0.4, -0.2) is 95.9 Å². The van der Waals surface area contributed by atoms with Crippen molar-refractivity contribution in [1.29, 1.82) is 0 Å². The number of ether oxygens (including phenoxy) is 1. The molecule has 0 amide bonds. The number of imidazole rings is 1. The predicted octanol–water partition coefficient (Wildman–Crippen LogP) is 4.74. The van der Waals surface area contributed by atoms with Crippen molar-refractivity contribution in [3.8, 4) is 11.4 Å². The van der Waals surface area contributed by atoms with Crippen molar-refractivity contribution in [2.75, 3.05) is 68.8 Å². The topological polar surface area (TPSA) is 63.8 Å². The zero-order chi connectivity index (χ0) is 27.5. The predicted molar refractivity (Wildman–Crippen MR) is 162 cm³/mol. The second kappa shape index (κ2) is 12.3. The maximum atomic E-state index is 5.51. The number of anilines is 2. The highest BCUT2D eigenvalue weighted by molar-refractivity contribution is 5.60. The molecule has 1 N–H and O–H groups in total. The van der Waals surface area contributed by atoms with Gasteiger partial charge in [0.05, 0.1) is 13.2 Å². The minimum Gasteiger partial charge on any atom is -0.378 e. The molecular formula is C32H45N7O. The standard InChI is InChI=1S/C32H45N7O/c1-4-28-23-38(32-24(2)21-27(22-35-32)31-33-11-12-34-31)15-16-39(28)30-9-13-36(14-10-30)25(3)26-5-7-29(8-6-26)37-17-19-40-20-18-37/h5-8,11-12,21-22,25,28,30H,4,9-10,13-20,23H2,1-3H3,(H,33,34). The fourth-order valence-corrected chi connectivity index (χ4v) is 6.96. The molecule has 3 saturated heterocycles. The number of H-pyrrole nitrogens is 1. The first-order valence-corrected chi connectivity index (χ1v) is 15.2. The van der Waals surface area contributed by atoms with Crippen molar-refractivity contribution in [3.63, 3.8) is 0 Å². The summed E-state index contributed by atoms with van der Waals surface area (Å²) in [6, 6.07) is 13.2. The SMILES string of the molecule is CCC1CN(c2ncc(-c3ncc[nH]3)cc2C)CCN1C1CCN(C(C)c2ccc(N3CCOCC3)cc2)CC1. The molecule has 2 aromatic heterocycles. The van der Waals surface area contributed by atoms with Gasteiger partial charge < -0.3 is 19.5 Å². The molecule has 0 aliphatic carbocycles. The minimum atomic E-state index is 0.455. The Balaban J connectivity index is 1.03. The second-order valence-corrected chi connectivity index (χ2v) is 11.7. The molecule has 6 rings (SSSR count). The van der Waals surface area contributed by atoms with Gasteiger partial charge in [-0.1, -0.05) is 19.1 Å². The van der Waals surface area contributed by atoms with Crippen LogP contribution in [0.15, 0.2) is 48.9 Å². The van der Waals surface area contributed by atoms with Crippen LogP contribution in [0.5, 0.6) is 0 Å². The zero-order valence-corrected chi connectivity index (χ0v) is 24.4. The fourth-order valence-electron chi connectivity index (χ4n) is 6.96. The zero-order valence-electron chi connectivity index (χ0n) is 24.4. The number of piperazine rings is 1. The summed E-state index contributed by atoms with van der Waals surface area (Å²) in [5.74, 6) is 2.00. The molecule has 214 valence electrons. The molecule has 3 aromatic rings. The van der Waals surface area contributed by atoms with Gasteiger partial charge in [0.25, 0.3) is 0 Å². The molecule has 0 bridgehead atoms. The number of likely N-dealkylation sites (tertiary alicyclic amines) is 1. The average molecular weight is 544 g/mol. The quantitative estimate of drug-likeness (QED) is 0.462. The fraction of sp³-hybridized carbons (Fsp3) is 0.562. The summed E-state index contributed by atoms with van der Waals surface area (Å²) in [6.45, 7) is 16.1. The van der Waals surface area contributed by atoms with Crippen LogP contribution in [0.2, 0.25) is 0 Å². The van der Waals surface area contributed by atoms with Gasteiger partial charge in [-0.15, -0.1) is 0 Å². The Kier molecular flexibility index (Phi) is 8.37. The first-order chi connectivity index (χ1) is 19.6. The molecule has 3 fully saturated rings. The van der Waals surface area contributed by atoms with Gasteiger partial charge in [-0.2, -0.15) is 0 Å². The molecule has 3 aliphatic heterocycles. The van der Waals surface area contributed by atoms with Gasteiger partial charge in [0.2, 0.25) is 0 Å². The molecule has 2 atom stereocenters. The van der Waals surface area contributed by atoms with Gasteiger partial charge in [0.15, 0.2) is 0 Å². The lowest BCUT2D eigenvalue weighted by Gasteiger charge is -2.48. The number of aromatic nitrogens is 3. The van der Waals surface area contributed by atoms with E-state index in [1.807, 2.05) is 12.4 Å². The van der Waals surface area contributed by atoms with E-state index in [1.54, 1.807) is 6.20 Å². The second-order valence-electron chi connectivity index (χ2n) is 11.7. The summed E-state index contributed by atoms with van der Waals surface area (Å²) in [6.07, 6.45) is 9.29. The van der Waals surface area contributed by atoms with Crippen molar-refractivity contribution >= 4 is 11.5 Å². The lowest BCUT2D eigenvalue weighted by atomic mass is 9.96. The van der Waals surface area contributed by atoms with E-state index < -0.39 is 0 Å². The van der Waals surface area contributed by atoms with Crippen molar-refractivity contribution in [1.82, 2.24) is 24.8 Å². The molecule has 2 unspecified atom stereocenters. The number of rotatable bonds is 7. The number of aromatic amines is 1. The van der Waals surface area contributed by atoms with Crippen molar-refractivity contribution in [3.05, 3.63) is 60.0 Å². The van der Waals surface area contributed by atoms with E-state index in [0.717, 1.165) is 63.1 Å². The van der Waals surface area contributed by atoms with Gasteiger partial charge in [-0.25, -0.2) is 9.97 Å². The van der Waals surface area contributed by atoms with Crippen molar-refractivity contribution in [2.45, 2.75) is 58.2 Å². The molecule has 0 radical (unpaired) electrons. The number of morpholine rings is 1. The van der Waals surface area contributed by atoms with Crippen LogP contribution in [0, 0.1) is 6.92 Å². The number of aryl methyl sites for hydroxylation is 1. The summed E-state index contributed by atoms with van der Waals surface area (Å²) in [4.78, 5) is 22.9. The Morgan fingerprint density at radius 1 is 0.975 bits per heavy atom. The summed E-state index contributed by atoms with van der Waals surface area (Å²) in [5, 5.41) is 0. The summed E-state index contributed by atoms with van der Waals surface area (Å²) in [7, 11) is 0. The van der Waals surface area contributed by atoms with Crippen molar-refractivity contribution < 1.29 is 4.74 Å². The van der Waals surface area contributed by atoms with E-state index in [4.69, 9.17) is 9.72 Å². The highest BCUT2D eigenvalue weighted by Gasteiger charge is 2.34.